The van der Waals surface area contributed by atoms with Crippen LogP contribution in [-0.4, -0.2) is 32.3 Å². The lowest BCUT2D eigenvalue weighted by atomic mass is 10.2. The molecule has 1 aromatic heterocycles. The highest BCUT2D eigenvalue weighted by Crippen LogP contribution is 2.22. The Bertz CT molecular complexity index is 779. The first-order valence-electron chi connectivity index (χ1n) is 7.34. The molecule has 1 aliphatic carbocycles. The Morgan fingerprint density at radius 1 is 1.26 bits per heavy atom. The number of carbonyl (C=O) groups is 1. The Kier molecular flexibility index (Phi) is 4.52. The van der Waals surface area contributed by atoms with E-state index in [4.69, 9.17) is 0 Å². The minimum Gasteiger partial charge on any atom is -0.337 e. The van der Waals surface area contributed by atoms with Gasteiger partial charge >= 0.3 is 0 Å². The fourth-order valence-corrected chi connectivity index (χ4v) is 4.18. The summed E-state index contributed by atoms with van der Waals surface area (Å²) in [6.45, 7) is 0.533. The molecule has 23 heavy (non-hydrogen) atoms. The van der Waals surface area contributed by atoms with Crippen LogP contribution < -0.4 is 4.72 Å². The number of carbonyl (C=O) groups excluding carboxylic acids is 1. The van der Waals surface area contributed by atoms with Crippen LogP contribution >= 0.6 is 11.3 Å². The van der Waals surface area contributed by atoms with Crippen molar-refractivity contribution in [1.29, 1.82) is 0 Å². The third-order valence-electron chi connectivity index (χ3n) is 3.66. The smallest absolute Gasteiger partial charge is 0.253 e. The number of nitrogens with zero attached hydrogens (tertiary/aromatic N) is 1. The molecule has 0 spiro atoms. The quantitative estimate of drug-likeness (QED) is 0.870. The molecule has 1 saturated carbocycles. The zero-order valence-electron chi connectivity index (χ0n) is 12.7. The number of nitrogens with one attached hydrogen (secondary N) is 1. The molecule has 0 radical (unpaired) electrons. The second kappa shape index (κ2) is 6.43. The van der Waals surface area contributed by atoms with Crippen LogP contribution in [0.4, 0.5) is 0 Å². The third kappa shape index (κ3) is 3.99. The second-order valence-corrected chi connectivity index (χ2v) is 8.21. The Morgan fingerprint density at radius 3 is 2.52 bits per heavy atom. The molecule has 1 heterocycles. The van der Waals surface area contributed by atoms with Gasteiger partial charge in [0.05, 0.1) is 4.90 Å². The molecule has 2 aromatic rings. The Balaban J connectivity index is 1.69. The van der Waals surface area contributed by atoms with Crippen molar-refractivity contribution in [2.24, 2.45) is 0 Å². The first kappa shape index (κ1) is 16.2. The van der Waals surface area contributed by atoms with Crippen molar-refractivity contribution in [3.8, 4) is 0 Å². The number of hydrogen-bond donors (Lipinski definition) is 1. The fourth-order valence-electron chi connectivity index (χ4n) is 2.21. The Labute approximate surface area is 140 Å². The summed E-state index contributed by atoms with van der Waals surface area (Å²) in [4.78, 5) is 14.2. The van der Waals surface area contributed by atoms with Crippen LogP contribution in [0.5, 0.6) is 0 Å². The average Bonchev–Trinajstić information content (AvgIpc) is 3.18. The first-order valence-corrected chi connectivity index (χ1v) is 9.77. The average molecular weight is 350 g/mol. The number of sulfonamides is 1. The number of thiophene rings is 1. The van der Waals surface area contributed by atoms with Gasteiger partial charge in [-0.1, -0.05) is 0 Å². The van der Waals surface area contributed by atoms with E-state index in [0.29, 0.717) is 12.1 Å². The Hall–Kier alpha value is -1.70. The Morgan fingerprint density at radius 2 is 1.96 bits per heavy atom. The van der Waals surface area contributed by atoms with Crippen LogP contribution in [0.15, 0.2) is 46.0 Å². The number of amides is 1. The normalized spacial score (nSPS) is 14.7. The molecular formula is C16H18N2O3S2. The molecule has 1 fully saturated rings. The van der Waals surface area contributed by atoms with Crippen molar-refractivity contribution >= 4 is 27.3 Å². The maximum absolute atomic E-state index is 12.4. The van der Waals surface area contributed by atoms with Gasteiger partial charge in [0.2, 0.25) is 10.0 Å². The van der Waals surface area contributed by atoms with Crippen molar-refractivity contribution in [1.82, 2.24) is 9.62 Å². The summed E-state index contributed by atoms with van der Waals surface area (Å²) in [6, 6.07) is 8.14. The second-order valence-electron chi connectivity index (χ2n) is 5.71. The molecular weight excluding hydrogens is 332 g/mol. The van der Waals surface area contributed by atoms with Gasteiger partial charge in [-0.15, -0.1) is 0 Å². The van der Waals surface area contributed by atoms with Gasteiger partial charge in [0, 0.05) is 25.2 Å². The summed E-state index contributed by atoms with van der Waals surface area (Å²) < 4.78 is 26.8. The molecule has 1 aromatic carbocycles. The van der Waals surface area contributed by atoms with Crippen LogP contribution in [0.25, 0.3) is 0 Å². The lowest BCUT2D eigenvalue weighted by molar-refractivity contribution is 0.0785. The lowest BCUT2D eigenvalue weighted by Crippen LogP contribution is -2.27. The molecule has 1 aliphatic rings. The van der Waals surface area contributed by atoms with Crippen LogP contribution in [0.1, 0.15) is 28.8 Å². The summed E-state index contributed by atoms with van der Waals surface area (Å²) in [5.74, 6) is -0.129. The SMILES string of the molecule is CN(Cc1ccsc1)C(=O)c1ccc(S(=O)(=O)NC2CC2)cc1. The molecule has 5 nitrogen and oxygen atoms in total. The molecule has 1 N–H and O–H groups in total. The zero-order chi connectivity index (χ0) is 16.4. The predicted molar refractivity (Wildman–Crippen MR) is 89.9 cm³/mol. The summed E-state index contributed by atoms with van der Waals surface area (Å²) in [7, 11) is -1.74. The molecule has 1 amide bonds. The summed E-state index contributed by atoms with van der Waals surface area (Å²) in [6.07, 6.45) is 1.78. The van der Waals surface area contributed by atoms with E-state index < -0.39 is 10.0 Å². The maximum atomic E-state index is 12.4. The molecule has 7 heteroatoms. The van der Waals surface area contributed by atoms with E-state index in [0.717, 1.165) is 18.4 Å². The highest BCUT2D eigenvalue weighted by Gasteiger charge is 2.28. The van der Waals surface area contributed by atoms with E-state index in [1.165, 1.54) is 12.1 Å². The standard InChI is InChI=1S/C16H18N2O3S2/c1-18(10-12-8-9-22-11-12)16(19)13-2-6-15(7-3-13)23(20,21)17-14-4-5-14/h2-3,6-9,11,14,17H,4-5,10H2,1H3. The van der Waals surface area contributed by atoms with Gasteiger partial charge in [0.15, 0.2) is 0 Å². The minimum absolute atomic E-state index is 0.0676. The molecule has 0 bridgehead atoms. The van der Waals surface area contributed by atoms with Crippen LogP contribution in [0, 0.1) is 0 Å². The highest BCUT2D eigenvalue weighted by molar-refractivity contribution is 7.89. The van der Waals surface area contributed by atoms with E-state index >= 15 is 0 Å². The van der Waals surface area contributed by atoms with Crippen molar-refractivity contribution in [2.45, 2.75) is 30.3 Å². The molecule has 122 valence electrons. The molecule has 0 saturated heterocycles. The summed E-state index contributed by atoms with van der Waals surface area (Å²) in [5.41, 5.74) is 1.56. The van der Waals surface area contributed by atoms with Gasteiger partial charge in [-0.05, 0) is 59.5 Å². The highest BCUT2D eigenvalue weighted by atomic mass is 32.2. The van der Waals surface area contributed by atoms with Gasteiger partial charge in [0.25, 0.3) is 5.91 Å². The van der Waals surface area contributed by atoms with Gasteiger partial charge < -0.3 is 4.90 Å². The van der Waals surface area contributed by atoms with Gasteiger partial charge in [-0.3, -0.25) is 4.79 Å². The van der Waals surface area contributed by atoms with E-state index in [1.807, 2.05) is 16.8 Å². The lowest BCUT2D eigenvalue weighted by Gasteiger charge is -2.16. The van der Waals surface area contributed by atoms with Crippen LogP contribution in [0.3, 0.4) is 0 Å². The predicted octanol–water partition coefficient (Wildman–Crippen LogP) is 2.46. The molecule has 0 unspecified atom stereocenters. The molecule has 0 atom stereocenters. The maximum Gasteiger partial charge on any atom is 0.253 e. The fraction of sp³-hybridized carbons (Fsp3) is 0.312. The number of rotatable bonds is 6. The van der Waals surface area contributed by atoms with Crippen molar-refractivity contribution in [2.75, 3.05) is 7.05 Å². The first-order chi connectivity index (χ1) is 11.0. The minimum atomic E-state index is -3.47. The van der Waals surface area contributed by atoms with Gasteiger partial charge in [-0.25, -0.2) is 13.1 Å². The van der Waals surface area contributed by atoms with Crippen molar-refractivity contribution < 1.29 is 13.2 Å². The monoisotopic (exact) mass is 350 g/mol. The van der Waals surface area contributed by atoms with E-state index in [1.54, 1.807) is 35.4 Å². The summed E-state index contributed by atoms with van der Waals surface area (Å²) >= 11 is 1.59. The van der Waals surface area contributed by atoms with Crippen molar-refractivity contribution in [3.63, 3.8) is 0 Å². The summed E-state index contributed by atoms with van der Waals surface area (Å²) in [5, 5.41) is 3.98. The van der Waals surface area contributed by atoms with Gasteiger partial charge in [0.1, 0.15) is 0 Å². The molecule has 0 aliphatic heterocycles. The van der Waals surface area contributed by atoms with E-state index in [-0.39, 0.29) is 16.8 Å². The molecule has 3 rings (SSSR count). The topological polar surface area (TPSA) is 66.5 Å². The van der Waals surface area contributed by atoms with Crippen molar-refractivity contribution in [3.05, 3.63) is 52.2 Å². The van der Waals surface area contributed by atoms with Crippen LogP contribution in [-0.2, 0) is 16.6 Å². The number of benzene rings is 1. The largest absolute Gasteiger partial charge is 0.337 e. The third-order valence-corrected chi connectivity index (χ3v) is 5.93. The van der Waals surface area contributed by atoms with Gasteiger partial charge in [-0.2, -0.15) is 11.3 Å². The van der Waals surface area contributed by atoms with Crippen LogP contribution in [0.2, 0.25) is 0 Å². The van der Waals surface area contributed by atoms with E-state index in [2.05, 4.69) is 4.72 Å². The number of hydrogen-bond acceptors (Lipinski definition) is 4. The zero-order valence-corrected chi connectivity index (χ0v) is 14.4. The van der Waals surface area contributed by atoms with E-state index in [9.17, 15) is 13.2 Å².